The van der Waals surface area contributed by atoms with E-state index in [0.29, 0.717) is 0 Å². The summed E-state index contributed by atoms with van der Waals surface area (Å²) >= 11 is 0. The average Bonchev–Trinajstić information content (AvgIpc) is 2.63. The molecule has 0 aliphatic heterocycles. The summed E-state index contributed by atoms with van der Waals surface area (Å²) in [4.78, 5) is 0. The molecule has 0 aromatic carbocycles. The number of rotatable bonds is 22. The summed E-state index contributed by atoms with van der Waals surface area (Å²) in [6.45, 7) is 8.66. The lowest BCUT2D eigenvalue weighted by atomic mass is 10.2. The number of hydrogen-bond donors (Lipinski definition) is 5. The highest BCUT2D eigenvalue weighted by Gasteiger charge is 1.93. The normalized spacial score (nSPS) is 11.3. The van der Waals surface area contributed by atoms with E-state index < -0.39 is 0 Å². The van der Waals surface area contributed by atoms with E-state index in [0.717, 1.165) is 26.2 Å². The minimum absolute atomic E-state index is 0.833. The number of nitrogens with one attached hydrogen (secondary N) is 3. The minimum Gasteiger partial charge on any atom is -0.330 e. The second-order valence-electron chi connectivity index (χ2n) is 7.07. The molecule has 5 heteroatoms. The van der Waals surface area contributed by atoms with Crippen LogP contribution in [-0.4, -0.2) is 52.4 Å². The monoisotopic (exact) mass is 357 g/mol. The van der Waals surface area contributed by atoms with Crippen LogP contribution in [0.25, 0.3) is 0 Å². The third-order valence-electron chi connectivity index (χ3n) is 4.53. The van der Waals surface area contributed by atoms with E-state index in [1.807, 2.05) is 0 Å². The smallest absolute Gasteiger partial charge is 0.00489 e. The third-order valence-corrected chi connectivity index (χ3v) is 4.53. The Morgan fingerprint density at radius 2 is 0.560 bits per heavy atom. The van der Waals surface area contributed by atoms with Gasteiger partial charge in [-0.15, -0.1) is 0 Å². The van der Waals surface area contributed by atoms with Gasteiger partial charge in [0.1, 0.15) is 0 Å². The molecule has 7 N–H and O–H groups in total. The molecule has 0 radical (unpaired) electrons. The SMILES string of the molecule is NCCCCCNCCCCCNCCCCCNCCCCCN. The highest BCUT2D eigenvalue weighted by molar-refractivity contribution is 4.55. The van der Waals surface area contributed by atoms with Crippen LogP contribution in [0.5, 0.6) is 0 Å². The zero-order valence-corrected chi connectivity index (χ0v) is 16.8. The molecule has 0 aliphatic rings. The van der Waals surface area contributed by atoms with E-state index in [4.69, 9.17) is 11.5 Å². The Labute approximate surface area is 157 Å². The Morgan fingerprint density at radius 1 is 0.320 bits per heavy atom. The van der Waals surface area contributed by atoms with Gasteiger partial charge in [0.2, 0.25) is 0 Å². The number of nitrogens with two attached hydrogens (primary N) is 2. The average molecular weight is 358 g/mol. The van der Waals surface area contributed by atoms with E-state index in [1.54, 1.807) is 0 Å². The maximum atomic E-state index is 5.48. The van der Waals surface area contributed by atoms with Gasteiger partial charge in [-0.05, 0) is 104 Å². The lowest BCUT2D eigenvalue weighted by molar-refractivity contribution is 0.535. The maximum absolute atomic E-state index is 5.48. The van der Waals surface area contributed by atoms with Gasteiger partial charge in [0.05, 0.1) is 0 Å². The molecule has 0 rings (SSSR count). The lowest BCUT2D eigenvalue weighted by Crippen LogP contribution is -2.19. The molecule has 0 saturated carbocycles. The van der Waals surface area contributed by atoms with Crippen LogP contribution in [0.1, 0.15) is 77.0 Å². The molecule has 25 heavy (non-hydrogen) atoms. The Bertz CT molecular complexity index is 204. The quantitative estimate of drug-likeness (QED) is 0.192. The molecule has 0 heterocycles. The van der Waals surface area contributed by atoms with Gasteiger partial charge in [-0.1, -0.05) is 25.7 Å². The van der Waals surface area contributed by atoms with Crippen molar-refractivity contribution in [3.05, 3.63) is 0 Å². The summed E-state index contributed by atoms with van der Waals surface area (Å²) in [6.07, 6.45) is 15.3. The van der Waals surface area contributed by atoms with Crippen molar-refractivity contribution >= 4 is 0 Å². The van der Waals surface area contributed by atoms with Gasteiger partial charge >= 0.3 is 0 Å². The molecule has 5 nitrogen and oxygen atoms in total. The molecule has 0 atom stereocenters. The van der Waals surface area contributed by atoms with E-state index in [-0.39, 0.29) is 0 Å². The van der Waals surface area contributed by atoms with E-state index >= 15 is 0 Å². The number of hydrogen-bond acceptors (Lipinski definition) is 5. The summed E-state index contributed by atoms with van der Waals surface area (Å²) in [5.74, 6) is 0. The number of unbranched alkanes of at least 4 members (excludes halogenated alkanes) is 8. The molecule has 0 amide bonds. The van der Waals surface area contributed by atoms with E-state index in [2.05, 4.69) is 16.0 Å². The minimum atomic E-state index is 0.833. The van der Waals surface area contributed by atoms with Crippen LogP contribution in [0.4, 0.5) is 0 Å². The van der Waals surface area contributed by atoms with Gasteiger partial charge in [0.15, 0.2) is 0 Å². The Balaban J connectivity index is 2.94. The van der Waals surface area contributed by atoms with Crippen LogP contribution in [0.15, 0.2) is 0 Å². The first kappa shape index (κ1) is 24.8. The summed E-state index contributed by atoms with van der Waals surface area (Å²) < 4.78 is 0. The fourth-order valence-corrected chi connectivity index (χ4v) is 2.87. The first-order chi connectivity index (χ1) is 12.4. The van der Waals surface area contributed by atoms with Crippen LogP contribution in [-0.2, 0) is 0 Å². The summed E-state index contributed by atoms with van der Waals surface area (Å²) in [5.41, 5.74) is 11.0. The van der Waals surface area contributed by atoms with Gasteiger partial charge < -0.3 is 27.4 Å². The van der Waals surface area contributed by atoms with Crippen LogP contribution >= 0.6 is 0 Å². The predicted molar refractivity (Wildman–Crippen MR) is 112 cm³/mol. The molecule has 0 saturated heterocycles. The molecule has 0 bridgehead atoms. The second-order valence-corrected chi connectivity index (χ2v) is 7.07. The zero-order chi connectivity index (χ0) is 18.3. The molecular weight excluding hydrogens is 310 g/mol. The van der Waals surface area contributed by atoms with Crippen LogP contribution in [0, 0.1) is 0 Å². The summed E-state index contributed by atoms with van der Waals surface area (Å²) in [6, 6.07) is 0. The first-order valence-electron chi connectivity index (χ1n) is 10.9. The van der Waals surface area contributed by atoms with Crippen LogP contribution in [0.2, 0.25) is 0 Å². The summed E-state index contributed by atoms with van der Waals surface area (Å²) in [5, 5.41) is 10.6. The highest BCUT2D eigenvalue weighted by Crippen LogP contribution is 1.96. The molecule has 152 valence electrons. The molecule has 0 aliphatic carbocycles. The van der Waals surface area contributed by atoms with Crippen molar-refractivity contribution in [3.8, 4) is 0 Å². The molecule has 0 unspecified atom stereocenters. The lowest BCUT2D eigenvalue weighted by Gasteiger charge is -2.07. The van der Waals surface area contributed by atoms with Crippen molar-refractivity contribution in [2.45, 2.75) is 77.0 Å². The van der Waals surface area contributed by atoms with Crippen LogP contribution in [0.3, 0.4) is 0 Å². The summed E-state index contributed by atoms with van der Waals surface area (Å²) in [7, 11) is 0. The Hall–Kier alpha value is -0.200. The molecular formula is C20H47N5. The van der Waals surface area contributed by atoms with E-state index in [1.165, 1.54) is 103 Å². The predicted octanol–water partition coefficient (Wildman–Crippen LogP) is 2.35. The van der Waals surface area contributed by atoms with Gasteiger partial charge in [0.25, 0.3) is 0 Å². The largest absolute Gasteiger partial charge is 0.330 e. The van der Waals surface area contributed by atoms with Crippen molar-refractivity contribution in [2.75, 3.05) is 52.4 Å². The van der Waals surface area contributed by atoms with Crippen molar-refractivity contribution < 1.29 is 0 Å². The maximum Gasteiger partial charge on any atom is -0.00489 e. The first-order valence-corrected chi connectivity index (χ1v) is 10.9. The fraction of sp³-hybridized carbons (Fsp3) is 1.00. The zero-order valence-electron chi connectivity index (χ0n) is 16.8. The highest BCUT2D eigenvalue weighted by atomic mass is 14.9. The van der Waals surface area contributed by atoms with Crippen molar-refractivity contribution in [1.82, 2.24) is 16.0 Å². The van der Waals surface area contributed by atoms with E-state index in [9.17, 15) is 0 Å². The van der Waals surface area contributed by atoms with Crippen molar-refractivity contribution in [3.63, 3.8) is 0 Å². The Kier molecular flexibility index (Phi) is 23.6. The van der Waals surface area contributed by atoms with Gasteiger partial charge in [-0.2, -0.15) is 0 Å². The van der Waals surface area contributed by atoms with Crippen molar-refractivity contribution in [1.29, 1.82) is 0 Å². The molecule has 0 spiro atoms. The van der Waals surface area contributed by atoms with Gasteiger partial charge in [-0.25, -0.2) is 0 Å². The fourth-order valence-electron chi connectivity index (χ4n) is 2.87. The third kappa shape index (κ3) is 23.8. The molecule has 0 aromatic rings. The van der Waals surface area contributed by atoms with Crippen molar-refractivity contribution in [2.24, 2.45) is 11.5 Å². The molecule has 0 aromatic heterocycles. The standard InChI is InChI=1S/C20H47N5/c21-13-5-1-7-15-23-17-9-3-11-19-25-20-12-4-10-18-24-16-8-2-6-14-22/h23-25H,1-22H2. The second kappa shape index (κ2) is 23.8. The van der Waals surface area contributed by atoms with Crippen LogP contribution < -0.4 is 27.4 Å². The molecule has 0 fully saturated rings. The van der Waals surface area contributed by atoms with Gasteiger partial charge in [0, 0.05) is 0 Å². The topological polar surface area (TPSA) is 88.1 Å². The Morgan fingerprint density at radius 3 is 0.800 bits per heavy atom. The van der Waals surface area contributed by atoms with Gasteiger partial charge in [-0.3, -0.25) is 0 Å².